The number of hydrogen-bond donors (Lipinski definition) is 1. The maximum Gasteiger partial charge on any atom is 0.290 e. The minimum Gasteiger partial charge on any atom is -0.493 e. The number of carbonyl (C=O) groups is 2. The van der Waals surface area contributed by atoms with Gasteiger partial charge in [0, 0.05) is 17.4 Å². The van der Waals surface area contributed by atoms with E-state index >= 15 is 0 Å². The highest BCUT2D eigenvalue weighted by atomic mass is 32.2. The summed E-state index contributed by atoms with van der Waals surface area (Å²) in [6, 6.07) is 17.5. The molecule has 2 heterocycles. The van der Waals surface area contributed by atoms with Gasteiger partial charge in [0.25, 0.3) is 11.1 Å². The van der Waals surface area contributed by atoms with Gasteiger partial charge in [-0.25, -0.2) is 4.98 Å². The molecule has 1 aliphatic rings. The third-order valence-corrected chi connectivity index (χ3v) is 5.77. The molecule has 0 unspecified atom stereocenters. The van der Waals surface area contributed by atoms with Crippen molar-refractivity contribution in [3.63, 3.8) is 0 Å². The molecular formula is C21H16N2O3S2. The van der Waals surface area contributed by atoms with Gasteiger partial charge in [-0.1, -0.05) is 42.5 Å². The minimum atomic E-state index is -0.353. The number of nitrogens with zero attached hydrogens (tertiary/aromatic N) is 1. The molecule has 1 aliphatic heterocycles. The van der Waals surface area contributed by atoms with Crippen LogP contribution in [0, 0.1) is 0 Å². The number of hydrogen-bond acceptors (Lipinski definition) is 6. The summed E-state index contributed by atoms with van der Waals surface area (Å²) in [5.41, 5.74) is 2.98. The number of amides is 2. The number of imide groups is 1. The normalized spacial score (nSPS) is 15.1. The van der Waals surface area contributed by atoms with Gasteiger partial charge in [-0.15, -0.1) is 11.3 Å². The Morgan fingerprint density at radius 3 is 2.54 bits per heavy atom. The van der Waals surface area contributed by atoms with Gasteiger partial charge < -0.3 is 4.74 Å². The van der Waals surface area contributed by atoms with E-state index in [9.17, 15) is 9.59 Å². The first-order chi connectivity index (χ1) is 13.7. The molecule has 0 saturated carbocycles. The summed E-state index contributed by atoms with van der Waals surface area (Å²) >= 11 is 2.54. The molecule has 0 aliphatic carbocycles. The van der Waals surface area contributed by atoms with Crippen molar-refractivity contribution in [2.45, 2.75) is 6.42 Å². The Kier molecular flexibility index (Phi) is 5.55. The third kappa shape index (κ3) is 4.49. The number of carbonyl (C=O) groups excluding carboxylic acids is 2. The zero-order valence-electron chi connectivity index (χ0n) is 14.8. The fourth-order valence-electron chi connectivity index (χ4n) is 2.64. The second kappa shape index (κ2) is 8.41. The van der Waals surface area contributed by atoms with Crippen LogP contribution in [0.2, 0.25) is 0 Å². The predicted molar refractivity (Wildman–Crippen MR) is 112 cm³/mol. The van der Waals surface area contributed by atoms with Crippen LogP contribution in [0.25, 0.3) is 16.6 Å². The molecule has 1 saturated heterocycles. The first kappa shape index (κ1) is 18.5. The average Bonchev–Trinajstić information content (AvgIpc) is 3.30. The number of ether oxygens (including phenoxy) is 1. The predicted octanol–water partition coefficient (Wildman–Crippen LogP) is 4.76. The fourth-order valence-corrected chi connectivity index (χ4v) is 4.18. The zero-order chi connectivity index (χ0) is 19.3. The number of thiazole rings is 1. The topological polar surface area (TPSA) is 68.3 Å². The van der Waals surface area contributed by atoms with E-state index in [4.69, 9.17) is 4.74 Å². The van der Waals surface area contributed by atoms with Crippen LogP contribution in [0.3, 0.4) is 0 Å². The lowest BCUT2D eigenvalue weighted by Gasteiger charge is -2.05. The summed E-state index contributed by atoms with van der Waals surface area (Å²) in [5.74, 6) is 0.397. The fraction of sp³-hybridized carbons (Fsp3) is 0.0952. The smallest absolute Gasteiger partial charge is 0.290 e. The first-order valence-electron chi connectivity index (χ1n) is 8.65. The number of nitrogens with one attached hydrogen (secondary N) is 1. The SMILES string of the molecule is O=C1NC(=O)/C(=C/c2ccc(OCCc3csc(-c4ccccc4)n3)cc2)S1. The number of thioether (sulfide) groups is 1. The lowest BCUT2D eigenvalue weighted by atomic mass is 10.2. The first-order valence-corrected chi connectivity index (χ1v) is 10.3. The Morgan fingerprint density at radius 1 is 1.04 bits per heavy atom. The van der Waals surface area contributed by atoms with E-state index < -0.39 is 0 Å². The van der Waals surface area contributed by atoms with E-state index in [-0.39, 0.29) is 11.1 Å². The van der Waals surface area contributed by atoms with Crippen LogP contribution < -0.4 is 10.1 Å². The van der Waals surface area contributed by atoms with Crippen molar-refractivity contribution in [2.75, 3.05) is 6.61 Å². The molecular weight excluding hydrogens is 392 g/mol. The highest BCUT2D eigenvalue weighted by Crippen LogP contribution is 2.26. The largest absolute Gasteiger partial charge is 0.493 e. The van der Waals surface area contributed by atoms with Gasteiger partial charge in [-0.2, -0.15) is 0 Å². The Balaban J connectivity index is 1.31. The molecule has 2 aromatic carbocycles. The summed E-state index contributed by atoms with van der Waals surface area (Å²) in [6.07, 6.45) is 2.42. The lowest BCUT2D eigenvalue weighted by Crippen LogP contribution is -2.17. The molecule has 0 bridgehead atoms. The van der Waals surface area contributed by atoms with Crippen molar-refractivity contribution in [2.24, 2.45) is 0 Å². The van der Waals surface area contributed by atoms with E-state index in [0.29, 0.717) is 11.5 Å². The summed E-state index contributed by atoms with van der Waals surface area (Å²) in [6.45, 7) is 0.533. The molecule has 2 amide bonds. The van der Waals surface area contributed by atoms with Crippen LogP contribution in [-0.2, 0) is 11.2 Å². The van der Waals surface area contributed by atoms with E-state index in [2.05, 4.69) is 27.8 Å². The van der Waals surface area contributed by atoms with Crippen molar-refractivity contribution < 1.29 is 14.3 Å². The molecule has 7 heteroatoms. The van der Waals surface area contributed by atoms with Gasteiger partial charge in [0.15, 0.2) is 0 Å². The molecule has 5 nitrogen and oxygen atoms in total. The van der Waals surface area contributed by atoms with E-state index in [1.807, 2.05) is 42.5 Å². The standard InChI is InChI=1S/C21H16N2O3S2/c24-19-18(28-21(25)23-19)12-14-6-8-17(9-7-14)26-11-10-16-13-27-20(22-16)15-4-2-1-3-5-15/h1-9,12-13H,10-11H2,(H,23,24,25)/b18-12-. The number of benzene rings is 2. The molecule has 0 spiro atoms. The van der Waals surface area contributed by atoms with Gasteiger partial charge in [-0.3, -0.25) is 14.9 Å². The second-order valence-corrected chi connectivity index (χ2v) is 7.90. The van der Waals surface area contributed by atoms with E-state index in [1.165, 1.54) is 0 Å². The van der Waals surface area contributed by atoms with Crippen LogP contribution in [-0.4, -0.2) is 22.7 Å². The summed E-state index contributed by atoms with van der Waals surface area (Å²) in [5, 5.41) is 4.98. The zero-order valence-corrected chi connectivity index (χ0v) is 16.4. The highest BCUT2D eigenvalue weighted by Gasteiger charge is 2.24. The quantitative estimate of drug-likeness (QED) is 0.596. The Bertz CT molecular complexity index is 1030. The van der Waals surface area contributed by atoms with Crippen LogP contribution in [0.1, 0.15) is 11.3 Å². The molecule has 3 aromatic rings. The van der Waals surface area contributed by atoms with Gasteiger partial charge in [0.05, 0.1) is 17.2 Å². The molecule has 1 fully saturated rings. The highest BCUT2D eigenvalue weighted by molar-refractivity contribution is 8.18. The molecule has 28 heavy (non-hydrogen) atoms. The monoisotopic (exact) mass is 408 g/mol. The van der Waals surface area contributed by atoms with Crippen molar-refractivity contribution in [3.8, 4) is 16.3 Å². The molecule has 1 aromatic heterocycles. The maximum atomic E-state index is 11.6. The third-order valence-electron chi connectivity index (χ3n) is 4.02. The van der Waals surface area contributed by atoms with Crippen LogP contribution in [0.4, 0.5) is 4.79 Å². The molecule has 0 radical (unpaired) electrons. The summed E-state index contributed by atoms with van der Waals surface area (Å²) in [7, 11) is 0. The Labute approximate surface area is 170 Å². The van der Waals surface area contributed by atoms with Gasteiger partial charge in [0.1, 0.15) is 10.8 Å². The van der Waals surface area contributed by atoms with Gasteiger partial charge in [-0.05, 0) is 35.5 Å². The number of rotatable bonds is 6. The van der Waals surface area contributed by atoms with E-state index in [0.717, 1.165) is 45.8 Å². The molecule has 140 valence electrons. The molecule has 1 N–H and O–H groups in total. The van der Waals surface area contributed by atoms with Crippen molar-refractivity contribution in [1.82, 2.24) is 10.3 Å². The van der Waals surface area contributed by atoms with Crippen LogP contribution in [0.15, 0.2) is 64.9 Å². The second-order valence-electron chi connectivity index (χ2n) is 6.03. The van der Waals surface area contributed by atoms with Crippen molar-refractivity contribution >= 4 is 40.3 Å². The van der Waals surface area contributed by atoms with Crippen molar-refractivity contribution in [3.05, 3.63) is 76.1 Å². The minimum absolute atomic E-state index is 0.339. The van der Waals surface area contributed by atoms with Gasteiger partial charge in [0.2, 0.25) is 0 Å². The molecule has 0 atom stereocenters. The van der Waals surface area contributed by atoms with Gasteiger partial charge >= 0.3 is 0 Å². The van der Waals surface area contributed by atoms with Crippen LogP contribution >= 0.6 is 23.1 Å². The average molecular weight is 409 g/mol. The Morgan fingerprint density at radius 2 is 1.82 bits per heavy atom. The van der Waals surface area contributed by atoms with Crippen molar-refractivity contribution in [1.29, 1.82) is 0 Å². The van der Waals surface area contributed by atoms with Crippen LogP contribution in [0.5, 0.6) is 5.75 Å². The summed E-state index contributed by atoms with van der Waals surface area (Å²) < 4.78 is 5.79. The number of aromatic nitrogens is 1. The Hall–Kier alpha value is -2.90. The molecule has 4 rings (SSSR count). The maximum absolute atomic E-state index is 11.6. The lowest BCUT2D eigenvalue weighted by molar-refractivity contribution is -0.115. The summed E-state index contributed by atoms with van der Waals surface area (Å²) in [4.78, 5) is 27.8. The van der Waals surface area contributed by atoms with E-state index in [1.54, 1.807) is 17.4 Å².